The SMILES string of the molecule is CS(=O)(=O)N(CC[C@@H]1CC[C@@]2(S(=O)(=O)c3ccc(C(F)(F)F)cc3)c3c(F)ccc(F)c3OC[C@H]2C1)S(C)(=O)=O. The summed E-state index contributed by atoms with van der Waals surface area (Å²) in [4.78, 5) is -0.513. The molecule has 1 aliphatic carbocycles. The summed E-state index contributed by atoms with van der Waals surface area (Å²) in [6, 6.07) is 4.28. The molecule has 0 radical (unpaired) electrons. The number of benzene rings is 2. The number of fused-ring (bicyclic) bond motifs is 3. The molecule has 2 aromatic rings. The molecule has 0 unspecified atom stereocenters. The first-order chi connectivity index (χ1) is 18.3. The topological polar surface area (TPSA) is 115 Å². The van der Waals surface area contributed by atoms with Crippen molar-refractivity contribution in [2.75, 3.05) is 25.7 Å². The molecule has 0 aromatic heterocycles. The van der Waals surface area contributed by atoms with Crippen molar-refractivity contribution in [3.8, 4) is 5.75 Å². The number of rotatable bonds is 7. The second-order valence-corrected chi connectivity index (χ2v) is 16.4. The lowest BCUT2D eigenvalue weighted by Crippen LogP contribution is -2.52. The molecule has 16 heteroatoms. The van der Waals surface area contributed by atoms with E-state index >= 15 is 4.39 Å². The third-order valence-electron chi connectivity index (χ3n) is 7.54. The molecule has 1 saturated carbocycles. The Hall–Kier alpha value is -2.30. The molecular weight excluding hydrogens is 605 g/mol. The third kappa shape index (κ3) is 5.34. The Morgan fingerprint density at radius 1 is 0.925 bits per heavy atom. The average molecular weight is 632 g/mol. The molecule has 1 aliphatic heterocycles. The van der Waals surface area contributed by atoms with Crippen LogP contribution >= 0.6 is 0 Å². The Balaban J connectivity index is 1.77. The maximum Gasteiger partial charge on any atom is 0.416 e. The van der Waals surface area contributed by atoms with Gasteiger partial charge >= 0.3 is 6.18 Å². The van der Waals surface area contributed by atoms with Crippen molar-refractivity contribution in [2.24, 2.45) is 11.8 Å². The van der Waals surface area contributed by atoms with Crippen molar-refractivity contribution < 1.29 is 51.9 Å². The number of alkyl halides is 3. The molecule has 2 aromatic carbocycles. The van der Waals surface area contributed by atoms with E-state index in [4.69, 9.17) is 4.74 Å². The summed E-state index contributed by atoms with van der Waals surface area (Å²) in [5, 5.41) is 0. The van der Waals surface area contributed by atoms with E-state index in [0.29, 0.717) is 15.8 Å². The summed E-state index contributed by atoms with van der Waals surface area (Å²) in [7, 11) is -12.9. The number of ether oxygens (including phenoxy) is 1. The van der Waals surface area contributed by atoms with Gasteiger partial charge in [0, 0.05) is 12.5 Å². The van der Waals surface area contributed by atoms with Crippen molar-refractivity contribution in [2.45, 2.75) is 41.5 Å². The van der Waals surface area contributed by atoms with E-state index in [2.05, 4.69) is 0 Å². The Bertz CT molecular complexity index is 1590. The zero-order valence-electron chi connectivity index (χ0n) is 21.3. The van der Waals surface area contributed by atoms with Crippen LogP contribution in [-0.4, -0.2) is 54.6 Å². The first-order valence-corrected chi connectivity index (χ1v) is 17.2. The Morgan fingerprint density at radius 2 is 1.50 bits per heavy atom. The lowest BCUT2D eigenvalue weighted by molar-refractivity contribution is -0.137. The lowest BCUT2D eigenvalue weighted by atomic mass is 9.68. The van der Waals surface area contributed by atoms with Gasteiger partial charge in [-0.15, -0.1) is 0 Å². The Labute approximate surface area is 229 Å². The molecule has 3 atom stereocenters. The monoisotopic (exact) mass is 631 g/mol. The summed E-state index contributed by atoms with van der Waals surface area (Å²) in [6.45, 7) is -0.778. The molecule has 0 spiro atoms. The summed E-state index contributed by atoms with van der Waals surface area (Å²) in [6.07, 6.45) is -3.47. The second-order valence-electron chi connectivity index (χ2n) is 10.1. The van der Waals surface area contributed by atoms with Crippen molar-refractivity contribution in [3.63, 3.8) is 0 Å². The van der Waals surface area contributed by atoms with Crippen LogP contribution in [0.4, 0.5) is 22.0 Å². The molecule has 0 N–H and O–H groups in total. The minimum Gasteiger partial charge on any atom is -0.490 e. The van der Waals surface area contributed by atoms with E-state index in [1.165, 1.54) is 0 Å². The fourth-order valence-electron chi connectivity index (χ4n) is 5.77. The van der Waals surface area contributed by atoms with Crippen LogP contribution in [0.25, 0.3) is 0 Å². The predicted molar refractivity (Wildman–Crippen MR) is 134 cm³/mol. The van der Waals surface area contributed by atoms with Gasteiger partial charge in [-0.3, -0.25) is 0 Å². The van der Waals surface area contributed by atoms with Crippen LogP contribution in [0.3, 0.4) is 0 Å². The molecule has 40 heavy (non-hydrogen) atoms. The van der Waals surface area contributed by atoms with Gasteiger partial charge in [0.1, 0.15) is 10.6 Å². The normalized spacial score (nSPS) is 23.8. The van der Waals surface area contributed by atoms with Crippen LogP contribution in [-0.2, 0) is 40.8 Å². The predicted octanol–water partition coefficient (Wildman–Crippen LogP) is 4.07. The largest absolute Gasteiger partial charge is 0.490 e. The minimum atomic E-state index is -4.73. The summed E-state index contributed by atoms with van der Waals surface area (Å²) in [5.41, 5.74) is -1.63. The van der Waals surface area contributed by atoms with E-state index in [1.807, 2.05) is 0 Å². The smallest absolute Gasteiger partial charge is 0.416 e. The number of sulfone groups is 1. The van der Waals surface area contributed by atoms with Crippen LogP contribution in [0.2, 0.25) is 0 Å². The fourth-order valence-corrected chi connectivity index (χ4v) is 11.0. The third-order valence-corrected chi connectivity index (χ3v) is 13.6. The molecule has 222 valence electrons. The van der Waals surface area contributed by atoms with Gasteiger partial charge < -0.3 is 4.74 Å². The molecule has 0 saturated heterocycles. The molecule has 2 aliphatic rings. The zero-order valence-corrected chi connectivity index (χ0v) is 23.7. The van der Waals surface area contributed by atoms with E-state index < -0.39 is 92.6 Å². The van der Waals surface area contributed by atoms with Gasteiger partial charge in [0.15, 0.2) is 21.4 Å². The lowest BCUT2D eigenvalue weighted by Gasteiger charge is -2.49. The summed E-state index contributed by atoms with van der Waals surface area (Å²) in [5.74, 6) is -4.09. The van der Waals surface area contributed by atoms with Crippen molar-refractivity contribution in [1.29, 1.82) is 0 Å². The van der Waals surface area contributed by atoms with Crippen LogP contribution in [0, 0.1) is 23.5 Å². The van der Waals surface area contributed by atoms with Gasteiger partial charge in [0.05, 0.1) is 35.1 Å². The maximum atomic E-state index is 15.3. The molecule has 4 rings (SSSR count). The standard InChI is InChI=1S/C24H26F5NO7S3/c1-38(31,32)30(39(2,33)34)12-10-15-9-11-23(40(35,36)18-5-3-16(4-6-18)24(27,28)29)17(13-15)14-37-22-20(26)8-7-19(25)21(22)23/h3-8,15,17H,9-14H2,1-2H3/t15-,17+,23-/m0/s1. The highest BCUT2D eigenvalue weighted by molar-refractivity contribution is 8.03. The van der Waals surface area contributed by atoms with E-state index in [0.717, 1.165) is 36.8 Å². The highest BCUT2D eigenvalue weighted by atomic mass is 32.3. The minimum absolute atomic E-state index is 0.0105. The van der Waals surface area contributed by atoms with E-state index in [-0.39, 0.29) is 32.3 Å². The number of sulfonamides is 2. The molecule has 0 amide bonds. The first kappa shape index (κ1) is 30.7. The molecule has 0 bridgehead atoms. The van der Waals surface area contributed by atoms with Crippen LogP contribution in [0.15, 0.2) is 41.3 Å². The van der Waals surface area contributed by atoms with Gasteiger partial charge in [-0.2, -0.15) is 13.2 Å². The second kappa shape index (κ2) is 10.2. The van der Waals surface area contributed by atoms with Crippen molar-refractivity contribution in [1.82, 2.24) is 3.71 Å². The van der Waals surface area contributed by atoms with Crippen LogP contribution in [0.5, 0.6) is 5.75 Å². The van der Waals surface area contributed by atoms with Crippen molar-refractivity contribution in [3.05, 3.63) is 59.2 Å². The Morgan fingerprint density at radius 3 is 2.05 bits per heavy atom. The van der Waals surface area contributed by atoms with Gasteiger partial charge in [0.25, 0.3) is 0 Å². The molecule has 1 fully saturated rings. The van der Waals surface area contributed by atoms with Gasteiger partial charge in [0.2, 0.25) is 20.0 Å². The highest BCUT2D eigenvalue weighted by Gasteiger charge is 2.59. The van der Waals surface area contributed by atoms with Crippen molar-refractivity contribution >= 4 is 29.9 Å². The average Bonchev–Trinajstić information content (AvgIpc) is 2.83. The number of halogens is 5. The summed E-state index contributed by atoms with van der Waals surface area (Å²) >= 11 is 0. The highest BCUT2D eigenvalue weighted by Crippen LogP contribution is 2.58. The number of nitrogens with zero attached hydrogens (tertiary/aromatic N) is 1. The zero-order chi connectivity index (χ0) is 29.9. The first-order valence-electron chi connectivity index (χ1n) is 12.0. The van der Waals surface area contributed by atoms with E-state index in [1.54, 1.807) is 0 Å². The molecule has 1 heterocycles. The molecular formula is C24H26F5NO7S3. The van der Waals surface area contributed by atoms with Gasteiger partial charge in [-0.1, -0.05) is 3.71 Å². The van der Waals surface area contributed by atoms with Crippen LogP contribution in [0.1, 0.15) is 36.8 Å². The maximum absolute atomic E-state index is 15.3. The van der Waals surface area contributed by atoms with Crippen LogP contribution < -0.4 is 4.74 Å². The van der Waals surface area contributed by atoms with Gasteiger partial charge in [-0.05, 0) is 68.0 Å². The van der Waals surface area contributed by atoms with E-state index in [9.17, 15) is 42.8 Å². The van der Waals surface area contributed by atoms with Gasteiger partial charge in [-0.25, -0.2) is 34.0 Å². The number of hydrogen-bond acceptors (Lipinski definition) is 7. The quantitative estimate of drug-likeness (QED) is 0.423. The fraction of sp³-hybridized carbons (Fsp3) is 0.500. The Kier molecular flexibility index (Phi) is 7.82. The molecule has 8 nitrogen and oxygen atoms in total. The number of hydrogen-bond donors (Lipinski definition) is 0. The summed E-state index contributed by atoms with van der Waals surface area (Å²) < 4.78 is 150.